The SMILES string of the molecule is Cc1cc(C)cc(-c2ccc3c(c2)c2cc(-c4cc(C)cc(C(F)(F)F)c4)ccc2n3-c2cc(C#N)cc(-n3c4ccc(-c5cc(C)cc(C(F)(F)F)c5)cc4c4cc(-c5cc(C(F)(F)F)cc(C(F)(F)F)c5)ccc43)c2-c2ccc(C(F)(F)F)cc2C)c1. The molecule has 18 heteroatoms. The van der Waals surface area contributed by atoms with E-state index < -0.39 is 64.3 Å². The highest BCUT2D eigenvalue weighted by molar-refractivity contribution is 6.14. The van der Waals surface area contributed by atoms with E-state index in [1.54, 1.807) is 46.4 Å². The second-order valence-corrected chi connectivity index (χ2v) is 22.5. The van der Waals surface area contributed by atoms with Crippen molar-refractivity contribution in [1.29, 1.82) is 5.26 Å². The van der Waals surface area contributed by atoms with E-state index in [2.05, 4.69) is 6.07 Å². The molecule has 0 aliphatic heterocycles. The van der Waals surface area contributed by atoms with Gasteiger partial charge >= 0.3 is 30.9 Å². The zero-order valence-electron chi connectivity index (χ0n) is 47.3. The molecule has 448 valence electrons. The van der Waals surface area contributed by atoms with Crippen LogP contribution in [-0.2, 0) is 30.9 Å². The second-order valence-electron chi connectivity index (χ2n) is 22.5. The summed E-state index contributed by atoms with van der Waals surface area (Å²) in [5.74, 6) is 0. The van der Waals surface area contributed by atoms with Gasteiger partial charge in [0.25, 0.3) is 0 Å². The van der Waals surface area contributed by atoms with Crippen molar-refractivity contribution in [2.45, 2.75) is 65.5 Å². The maximum Gasteiger partial charge on any atom is 0.416 e. The van der Waals surface area contributed by atoms with Crippen LogP contribution in [0.5, 0.6) is 0 Å². The van der Waals surface area contributed by atoms with Gasteiger partial charge in [-0.05, 0) is 217 Å². The maximum absolute atomic E-state index is 14.7. The minimum Gasteiger partial charge on any atom is -0.308 e. The van der Waals surface area contributed by atoms with Gasteiger partial charge in [0.05, 0.1) is 72.9 Å². The fourth-order valence-electron chi connectivity index (χ4n) is 12.2. The van der Waals surface area contributed by atoms with Gasteiger partial charge in [0.15, 0.2) is 0 Å². The highest BCUT2D eigenvalue weighted by Crippen LogP contribution is 2.48. The largest absolute Gasteiger partial charge is 0.416 e. The number of nitriles is 1. The molecule has 2 heterocycles. The third-order valence-corrected chi connectivity index (χ3v) is 16.0. The van der Waals surface area contributed by atoms with E-state index in [-0.39, 0.29) is 89.3 Å². The van der Waals surface area contributed by atoms with Gasteiger partial charge < -0.3 is 9.13 Å². The Morgan fingerprint density at radius 1 is 0.292 bits per heavy atom. The molecule has 12 aromatic rings. The highest BCUT2D eigenvalue weighted by Gasteiger charge is 2.38. The summed E-state index contributed by atoms with van der Waals surface area (Å²) in [6.07, 6.45) is -24.8. The number of fused-ring (bicyclic) bond motifs is 6. The molecular weight excluding hydrogens is 1180 g/mol. The molecule has 10 aromatic carbocycles. The smallest absolute Gasteiger partial charge is 0.308 e. The van der Waals surface area contributed by atoms with E-state index in [9.17, 15) is 71.1 Å². The predicted molar refractivity (Wildman–Crippen MR) is 316 cm³/mol. The topological polar surface area (TPSA) is 33.6 Å². The number of hydrogen-bond acceptors (Lipinski definition) is 1. The van der Waals surface area contributed by atoms with Crippen LogP contribution in [0, 0.1) is 45.9 Å². The van der Waals surface area contributed by atoms with Gasteiger partial charge in [-0.1, -0.05) is 71.8 Å². The summed E-state index contributed by atoms with van der Waals surface area (Å²) in [6, 6.07) is 41.7. The predicted octanol–water partition coefficient (Wildman–Crippen LogP) is 22.7. The molecule has 0 aliphatic rings. The van der Waals surface area contributed by atoms with E-state index in [1.807, 2.05) is 50.2 Å². The fraction of sp³-hybridized carbons (Fsp3) is 0.141. The Balaban J connectivity index is 1.22. The normalized spacial score (nSPS) is 12.7. The van der Waals surface area contributed by atoms with Crippen LogP contribution >= 0.6 is 0 Å². The number of rotatable bonds is 7. The summed E-state index contributed by atoms with van der Waals surface area (Å²) in [7, 11) is 0. The molecule has 0 radical (unpaired) electrons. The number of benzene rings is 10. The molecule has 0 saturated heterocycles. The van der Waals surface area contributed by atoms with Crippen LogP contribution in [0.25, 0.3) is 111 Å². The Bertz CT molecular complexity index is 4910. The van der Waals surface area contributed by atoms with Crippen LogP contribution in [0.15, 0.2) is 176 Å². The van der Waals surface area contributed by atoms with Crippen molar-refractivity contribution in [2.75, 3.05) is 0 Å². The molecule has 0 bridgehead atoms. The minimum atomic E-state index is -5.23. The first-order chi connectivity index (χ1) is 41.7. The van der Waals surface area contributed by atoms with E-state index in [1.165, 1.54) is 68.4 Å². The van der Waals surface area contributed by atoms with E-state index in [0.29, 0.717) is 45.1 Å². The zero-order chi connectivity index (χ0) is 63.8. The summed E-state index contributed by atoms with van der Waals surface area (Å²) in [4.78, 5) is 0. The molecule has 89 heavy (non-hydrogen) atoms. The zero-order valence-corrected chi connectivity index (χ0v) is 47.3. The molecule has 0 unspecified atom stereocenters. The Morgan fingerprint density at radius 2 is 0.596 bits per heavy atom. The molecule has 0 atom stereocenters. The van der Waals surface area contributed by atoms with Gasteiger partial charge in [-0.25, -0.2) is 0 Å². The summed E-state index contributed by atoms with van der Waals surface area (Å²) in [5, 5.41) is 12.6. The lowest BCUT2D eigenvalue weighted by Gasteiger charge is -2.22. The summed E-state index contributed by atoms with van der Waals surface area (Å²) >= 11 is 0. The maximum atomic E-state index is 14.7. The first kappa shape index (κ1) is 59.6. The lowest BCUT2D eigenvalue weighted by Crippen LogP contribution is -2.11. The molecule has 0 N–H and O–H groups in total. The lowest BCUT2D eigenvalue weighted by molar-refractivity contribution is -0.143. The summed E-state index contributed by atoms with van der Waals surface area (Å²) in [6.45, 7) is 8.32. The third-order valence-electron chi connectivity index (χ3n) is 16.0. The van der Waals surface area contributed by atoms with Crippen molar-refractivity contribution in [3.8, 4) is 73.1 Å². The van der Waals surface area contributed by atoms with Crippen molar-refractivity contribution >= 4 is 43.6 Å². The molecular formula is C71H44F15N3. The van der Waals surface area contributed by atoms with E-state index in [0.717, 1.165) is 58.7 Å². The first-order valence-electron chi connectivity index (χ1n) is 27.4. The third kappa shape index (κ3) is 11.0. The van der Waals surface area contributed by atoms with Crippen molar-refractivity contribution in [1.82, 2.24) is 9.13 Å². The van der Waals surface area contributed by atoms with Crippen LogP contribution in [0.1, 0.15) is 61.2 Å². The molecule has 0 fully saturated rings. The number of aryl methyl sites for hydroxylation is 5. The Kier molecular flexibility index (Phi) is 14.0. The van der Waals surface area contributed by atoms with Gasteiger partial charge in [0, 0.05) is 27.1 Å². The Morgan fingerprint density at radius 3 is 0.910 bits per heavy atom. The quantitative estimate of drug-likeness (QED) is 0.146. The van der Waals surface area contributed by atoms with Gasteiger partial charge in [-0.2, -0.15) is 71.1 Å². The molecule has 0 amide bonds. The first-order valence-corrected chi connectivity index (χ1v) is 27.4. The number of nitrogens with zero attached hydrogens (tertiary/aromatic N) is 3. The average molecular weight is 1220 g/mol. The molecule has 2 aromatic heterocycles. The minimum absolute atomic E-state index is 0.0150. The molecule has 3 nitrogen and oxygen atoms in total. The number of alkyl halides is 15. The van der Waals surface area contributed by atoms with E-state index >= 15 is 0 Å². The van der Waals surface area contributed by atoms with Crippen molar-refractivity contribution in [2.24, 2.45) is 0 Å². The van der Waals surface area contributed by atoms with Crippen LogP contribution in [-0.4, -0.2) is 9.13 Å². The van der Waals surface area contributed by atoms with Gasteiger partial charge in [0.2, 0.25) is 0 Å². The van der Waals surface area contributed by atoms with Gasteiger partial charge in [-0.3, -0.25) is 0 Å². The molecule has 12 rings (SSSR count). The Hall–Kier alpha value is -9.76. The second kappa shape index (κ2) is 21.0. The number of hydrogen-bond donors (Lipinski definition) is 0. The van der Waals surface area contributed by atoms with Crippen LogP contribution < -0.4 is 0 Å². The Labute approximate surface area is 497 Å². The van der Waals surface area contributed by atoms with Gasteiger partial charge in [0.1, 0.15) is 0 Å². The average Bonchev–Trinajstić information content (AvgIpc) is 1.60. The van der Waals surface area contributed by atoms with E-state index in [4.69, 9.17) is 0 Å². The number of aromatic nitrogens is 2. The van der Waals surface area contributed by atoms with Crippen molar-refractivity contribution < 1.29 is 65.9 Å². The molecule has 0 spiro atoms. The van der Waals surface area contributed by atoms with Crippen LogP contribution in [0.2, 0.25) is 0 Å². The number of halogens is 15. The standard InChI is InChI=1S/C71H44F15N3/c1-36-16-37(2)18-46(17-36)42-6-12-60-56(30-42)57-31-43(47-19-38(3)21-51(26-47)68(75,76)77)7-13-61(57)88(60)64-24-41(35-87)25-65(66(64)55-11-10-50(23-40(55)5)67(72,73)74)89-62-14-8-44(48-20-39(4)22-52(27-48)69(78,79)80)32-58(62)59-33-45(9-15-63(59)89)49-28-53(70(81,82)83)34-54(29-49)71(84,85)86/h6-34H,1-5H3. The van der Waals surface area contributed by atoms with Gasteiger partial charge in [-0.15, -0.1) is 0 Å². The monoisotopic (exact) mass is 1220 g/mol. The molecule has 0 aliphatic carbocycles. The molecule has 0 saturated carbocycles. The highest BCUT2D eigenvalue weighted by atomic mass is 19.4. The van der Waals surface area contributed by atoms with Crippen molar-refractivity contribution in [3.05, 3.63) is 237 Å². The summed E-state index contributed by atoms with van der Waals surface area (Å²) < 4.78 is 220. The van der Waals surface area contributed by atoms with Crippen LogP contribution in [0.4, 0.5) is 65.9 Å². The summed E-state index contributed by atoms with van der Waals surface area (Å²) in [5.41, 5.74) is 0.433. The van der Waals surface area contributed by atoms with Crippen molar-refractivity contribution in [3.63, 3.8) is 0 Å². The van der Waals surface area contributed by atoms with Crippen LogP contribution in [0.3, 0.4) is 0 Å². The lowest BCUT2D eigenvalue weighted by atomic mass is 9.93. The fourth-order valence-corrected chi connectivity index (χ4v) is 12.2.